The number of ether oxygens (including phenoxy) is 1. The van der Waals surface area contributed by atoms with Crippen molar-refractivity contribution in [2.24, 2.45) is 0 Å². The molecule has 0 unspecified atom stereocenters. The van der Waals surface area contributed by atoms with Gasteiger partial charge in [-0.15, -0.1) is 0 Å². The van der Waals surface area contributed by atoms with Crippen molar-refractivity contribution in [1.82, 2.24) is 0 Å². The number of benzene rings is 5. The van der Waals surface area contributed by atoms with Crippen molar-refractivity contribution in [2.45, 2.75) is 6.04 Å². The lowest BCUT2D eigenvalue weighted by Gasteiger charge is -2.25. The van der Waals surface area contributed by atoms with E-state index in [1.54, 1.807) is 7.11 Å². The molecule has 1 aliphatic rings. The summed E-state index contributed by atoms with van der Waals surface area (Å²) in [5, 5.41) is 3.37. The fourth-order valence-corrected chi connectivity index (χ4v) is 4.96. The summed E-state index contributed by atoms with van der Waals surface area (Å²) < 4.78 is 5.35. The van der Waals surface area contributed by atoms with Crippen molar-refractivity contribution in [3.05, 3.63) is 151 Å². The molecule has 0 aliphatic carbocycles. The highest BCUT2D eigenvalue weighted by Crippen LogP contribution is 2.37. The van der Waals surface area contributed by atoms with E-state index in [2.05, 4.69) is 53.8 Å². The van der Waals surface area contributed by atoms with E-state index < -0.39 is 0 Å². The molecule has 1 aliphatic heterocycles. The molecule has 1 N–H and O–H groups in total. The first-order valence-corrected chi connectivity index (χ1v) is 13.0. The van der Waals surface area contributed by atoms with Gasteiger partial charge in [-0.05, 0) is 70.3 Å². The van der Waals surface area contributed by atoms with Crippen LogP contribution in [0.5, 0.6) is 5.75 Å². The zero-order valence-electron chi connectivity index (χ0n) is 21.6. The van der Waals surface area contributed by atoms with Crippen LogP contribution in [0.4, 0.5) is 11.4 Å². The van der Waals surface area contributed by atoms with Gasteiger partial charge < -0.3 is 10.1 Å². The molecule has 4 nitrogen and oxygen atoms in total. The molecule has 0 spiro atoms. The van der Waals surface area contributed by atoms with Gasteiger partial charge in [-0.2, -0.15) is 0 Å². The van der Waals surface area contributed by atoms with Crippen LogP contribution in [-0.4, -0.2) is 13.0 Å². The Morgan fingerprint density at radius 1 is 0.615 bits per heavy atom. The van der Waals surface area contributed by atoms with Gasteiger partial charge in [-0.25, -0.2) is 0 Å². The zero-order valence-corrected chi connectivity index (χ0v) is 21.6. The minimum absolute atomic E-state index is 0.0737. The number of hydrogen-bond acceptors (Lipinski definition) is 3. The lowest BCUT2D eigenvalue weighted by Crippen LogP contribution is -2.30. The molecule has 0 saturated carbocycles. The molecule has 1 amide bonds. The average Bonchev–Trinajstić information content (AvgIpc) is 3.33. The first-order chi connectivity index (χ1) is 19.2. The molecule has 6 rings (SSSR count). The SMILES string of the molecule is COc1ccc([C@@H]2C=C(Nc3ccc(-c4ccccc4)cc3)C(=O)N2c2ccc(-c3ccccc3)cc2)cc1. The Bertz CT molecular complexity index is 1590. The largest absolute Gasteiger partial charge is 0.497 e. The molecule has 0 aromatic heterocycles. The van der Waals surface area contributed by atoms with Crippen molar-refractivity contribution in [3.63, 3.8) is 0 Å². The number of hydrogen-bond donors (Lipinski definition) is 1. The van der Waals surface area contributed by atoms with Crippen LogP contribution in [0.3, 0.4) is 0 Å². The number of nitrogens with zero attached hydrogens (tertiary/aromatic N) is 1. The molecule has 0 radical (unpaired) electrons. The van der Waals surface area contributed by atoms with Crippen molar-refractivity contribution in [1.29, 1.82) is 0 Å². The molecule has 5 aromatic rings. The third kappa shape index (κ3) is 5.05. The third-order valence-corrected chi connectivity index (χ3v) is 7.03. The first-order valence-electron chi connectivity index (χ1n) is 13.0. The first kappa shape index (κ1) is 24.3. The normalized spacial score (nSPS) is 14.7. The van der Waals surface area contributed by atoms with Crippen LogP contribution in [0, 0.1) is 0 Å². The van der Waals surface area contributed by atoms with Crippen molar-refractivity contribution in [2.75, 3.05) is 17.3 Å². The van der Waals surface area contributed by atoms with Crippen LogP contribution in [0.2, 0.25) is 0 Å². The predicted octanol–water partition coefficient (Wildman–Crippen LogP) is 8.11. The summed E-state index contributed by atoms with van der Waals surface area (Å²) in [6.07, 6.45) is 2.00. The molecule has 39 heavy (non-hydrogen) atoms. The second-order valence-corrected chi connectivity index (χ2v) is 9.45. The van der Waals surface area contributed by atoms with E-state index in [4.69, 9.17) is 4.74 Å². The minimum atomic E-state index is -0.253. The molecular weight excluding hydrogens is 480 g/mol. The molecule has 1 atom stereocenters. The molecule has 0 saturated heterocycles. The molecular formula is C35H28N2O2. The van der Waals surface area contributed by atoms with Gasteiger partial charge in [0.15, 0.2) is 0 Å². The maximum Gasteiger partial charge on any atom is 0.275 e. The van der Waals surface area contributed by atoms with E-state index in [0.29, 0.717) is 5.70 Å². The van der Waals surface area contributed by atoms with E-state index in [1.165, 1.54) is 0 Å². The minimum Gasteiger partial charge on any atom is -0.497 e. The Morgan fingerprint density at radius 3 is 1.67 bits per heavy atom. The number of nitrogens with one attached hydrogen (secondary N) is 1. The molecule has 190 valence electrons. The van der Waals surface area contributed by atoms with Crippen molar-refractivity contribution < 1.29 is 9.53 Å². The van der Waals surface area contributed by atoms with E-state index >= 15 is 0 Å². The van der Waals surface area contributed by atoms with Gasteiger partial charge in [-0.1, -0.05) is 97.1 Å². The van der Waals surface area contributed by atoms with E-state index in [9.17, 15) is 4.79 Å². The Labute approximate surface area is 228 Å². The summed E-state index contributed by atoms with van der Waals surface area (Å²) in [4.78, 5) is 15.7. The fraction of sp³-hybridized carbons (Fsp3) is 0.0571. The summed E-state index contributed by atoms with van der Waals surface area (Å²) in [6.45, 7) is 0. The highest BCUT2D eigenvalue weighted by molar-refractivity contribution is 6.11. The monoisotopic (exact) mass is 508 g/mol. The smallest absolute Gasteiger partial charge is 0.275 e. The predicted molar refractivity (Wildman–Crippen MR) is 159 cm³/mol. The van der Waals surface area contributed by atoms with Gasteiger partial charge in [0.25, 0.3) is 5.91 Å². The second-order valence-electron chi connectivity index (χ2n) is 9.45. The molecule has 4 heteroatoms. The summed E-state index contributed by atoms with van der Waals surface area (Å²) in [6, 6.07) is 44.4. The van der Waals surface area contributed by atoms with Crippen LogP contribution in [-0.2, 0) is 4.79 Å². The van der Waals surface area contributed by atoms with Crippen LogP contribution < -0.4 is 15.0 Å². The quantitative estimate of drug-likeness (QED) is 0.241. The van der Waals surface area contributed by atoms with Gasteiger partial charge >= 0.3 is 0 Å². The summed E-state index contributed by atoms with van der Waals surface area (Å²) >= 11 is 0. The average molecular weight is 509 g/mol. The van der Waals surface area contributed by atoms with Gasteiger partial charge in [-0.3, -0.25) is 9.69 Å². The van der Waals surface area contributed by atoms with E-state index in [1.807, 2.05) is 95.9 Å². The number of carbonyl (C=O) groups excluding carboxylic acids is 1. The Hall–Kier alpha value is -5.09. The van der Waals surface area contributed by atoms with Crippen LogP contribution >= 0.6 is 0 Å². The van der Waals surface area contributed by atoms with E-state index in [0.717, 1.165) is 44.9 Å². The topological polar surface area (TPSA) is 41.6 Å². The summed E-state index contributed by atoms with van der Waals surface area (Å²) in [5.74, 6) is 0.707. The Kier molecular flexibility index (Phi) is 6.67. The number of anilines is 2. The molecule has 0 fully saturated rings. The number of amides is 1. The lowest BCUT2D eigenvalue weighted by molar-refractivity contribution is -0.114. The van der Waals surface area contributed by atoms with E-state index in [-0.39, 0.29) is 11.9 Å². The van der Waals surface area contributed by atoms with Gasteiger partial charge in [0.05, 0.1) is 13.2 Å². The number of rotatable bonds is 7. The van der Waals surface area contributed by atoms with Crippen LogP contribution in [0.25, 0.3) is 22.3 Å². The van der Waals surface area contributed by atoms with Gasteiger partial charge in [0.1, 0.15) is 11.4 Å². The molecule has 0 bridgehead atoms. The number of methoxy groups -OCH3 is 1. The maximum atomic E-state index is 13.8. The van der Waals surface area contributed by atoms with Crippen LogP contribution in [0.15, 0.2) is 145 Å². The Morgan fingerprint density at radius 2 is 1.13 bits per heavy atom. The summed E-state index contributed by atoms with van der Waals surface area (Å²) in [5.41, 5.74) is 7.80. The second kappa shape index (κ2) is 10.7. The fourth-order valence-electron chi connectivity index (χ4n) is 4.96. The number of carbonyl (C=O) groups is 1. The molecule has 1 heterocycles. The van der Waals surface area contributed by atoms with Crippen LogP contribution in [0.1, 0.15) is 11.6 Å². The third-order valence-electron chi connectivity index (χ3n) is 7.03. The van der Waals surface area contributed by atoms with Crippen molar-refractivity contribution >= 4 is 17.3 Å². The highest BCUT2D eigenvalue weighted by Gasteiger charge is 2.34. The zero-order chi connectivity index (χ0) is 26.6. The van der Waals surface area contributed by atoms with Crippen molar-refractivity contribution in [3.8, 4) is 28.0 Å². The van der Waals surface area contributed by atoms with Gasteiger partial charge in [0, 0.05) is 11.4 Å². The molecule has 5 aromatic carbocycles. The summed E-state index contributed by atoms with van der Waals surface area (Å²) in [7, 11) is 1.65. The van der Waals surface area contributed by atoms with Gasteiger partial charge in [0.2, 0.25) is 0 Å². The standard InChI is InChI=1S/C35H28N2O2/c1-39-32-22-16-29(17-23-32)34-24-33(36-30-18-12-27(13-19-30)25-8-4-2-5-9-25)35(38)37(34)31-20-14-28(15-21-31)26-10-6-3-7-11-26/h2-24,34,36H,1H3/t34-/m0/s1. The highest BCUT2D eigenvalue weighted by atomic mass is 16.5. The maximum absolute atomic E-state index is 13.8. The Balaban J connectivity index is 1.30. The lowest BCUT2D eigenvalue weighted by atomic mass is 10.0.